The van der Waals surface area contributed by atoms with Gasteiger partial charge in [-0.05, 0) is 31.5 Å². The maximum atomic E-state index is 6.02. The average molecular weight is 834 g/mol. The summed E-state index contributed by atoms with van der Waals surface area (Å²) < 4.78 is 0. The van der Waals surface area contributed by atoms with Gasteiger partial charge in [-0.15, -0.1) is 0 Å². The van der Waals surface area contributed by atoms with Gasteiger partial charge in [0, 0.05) is 19.6 Å². The molecule has 0 aliphatic carbocycles. The molecule has 2 nitrogen and oxygen atoms in total. The first kappa shape index (κ1) is 57.7. The van der Waals surface area contributed by atoms with Gasteiger partial charge in [-0.3, -0.25) is 0 Å². The van der Waals surface area contributed by atoms with Crippen molar-refractivity contribution in [3.05, 3.63) is 0 Å². The normalized spacial score (nSPS) is 11.5. The third-order valence-corrected chi connectivity index (χ3v) is 13.6. The van der Waals surface area contributed by atoms with E-state index in [0.717, 1.165) is 24.7 Å². The van der Waals surface area contributed by atoms with Crippen LogP contribution in [0.4, 0.5) is 0 Å². The zero-order valence-electron chi connectivity index (χ0n) is 40.9. The van der Waals surface area contributed by atoms with E-state index in [0.29, 0.717) is 0 Å². The minimum Gasteiger partial charge on any atom is -0.363 e. The Kier molecular flexibility index (Phi) is 52.5. The van der Waals surface area contributed by atoms with E-state index in [4.69, 9.17) is 12.2 Å². The van der Waals surface area contributed by atoms with Crippen LogP contribution >= 0.6 is 12.2 Å². The van der Waals surface area contributed by atoms with Crippen molar-refractivity contribution in [2.45, 2.75) is 329 Å². The van der Waals surface area contributed by atoms with E-state index in [-0.39, 0.29) is 0 Å². The molecular weight excluding hydrogens is 721 g/mol. The summed E-state index contributed by atoms with van der Waals surface area (Å²) in [5, 5.41) is 4.74. The molecule has 0 unspecified atom stereocenters. The van der Waals surface area contributed by atoms with Crippen molar-refractivity contribution in [3.63, 3.8) is 0 Å². The fraction of sp³-hybridized carbons (Fsp3) is 0.982. The molecule has 0 saturated heterocycles. The first-order valence-electron chi connectivity index (χ1n) is 27.8. The Morgan fingerprint density at radius 3 is 0.638 bits per heavy atom. The van der Waals surface area contributed by atoms with Crippen LogP contribution < -0.4 is 5.32 Å². The van der Waals surface area contributed by atoms with E-state index >= 15 is 0 Å². The highest BCUT2D eigenvalue weighted by Crippen LogP contribution is 2.17. The summed E-state index contributed by atoms with van der Waals surface area (Å²) in [6.45, 7) is 10.3. The van der Waals surface area contributed by atoms with E-state index < -0.39 is 0 Å². The van der Waals surface area contributed by atoms with Crippen LogP contribution in [0.25, 0.3) is 0 Å². The molecule has 3 heteroatoms. The number of nitrogens with one attached hydrogen (secondary N) is 1. The molecule has 0 aliphatic heterocycles. The third kappa shape index (κ3) is 48.4. The van der Waals surface area contributed by atoms with Crippen molar-refractivity contribution in [1.82, 2.24) is 10.2 Å². The minimum atomic E-state index is 1.04. The van der Waals surface area contributed by atoms with Crippen molar-refractivity contribution in [2.24, 2.45) is 0 Å². The number of thiocarbonyl (C=S) groups is 1. The highest BCUT2D eigenvalue weighted by atomic mass is 32.1. The lowest BCUT2D eigenvalue weighted by Gasteiger charge is -2.26. The van der Waals surface area contributed by atoms with Crippen molar-refractivity contribution >= 4 is 17.3 Å². The Morgan fingerprint density at radius 2 is 0.431 bits per heavy atom. The van der Waals surface area contributed by atoms with E-state index in [2.05, 4.69) is 31.0 Å². The van der Waals surface area contributed by atoms with Crippen LogP contribution in [-0.4, -0.2) is 29.6 Å². The van der Waals surface area contributed by atoms with Crippen LogP contribution in [0.2, 0.25) is 0 Å². The third-order valence-electron chi connectivity index (χ3n) is 13.2. The average Bonchev–Trinajstić information content (AvgIpc) is 3.23. The number of nitrogens with zero attached hydrogens (tertiary/aromatic N) is 1. The van der Waals surface area contributed by atoms with Crippen molar-refractivity contribution < 1.29 is 0 Å². The van der Waals surface area contributed by atoms with E-state index in [9.17, 15) is 0 Å². The Labute approximate surface area is 374 Å². The summed E-state index contributed by atoms with van der Waals surface area (Å²) in [5.41, 5.74) is 0. The lowest BCUT2D eigenvalue weighted by atomic mass is 10.0. The summed E-state index contributed by atoms with van der Waals surface area (Å²) in [7, 11) is 0. The highest BCUT2D eigenvalue weighted by Gasteiger charge is 2.09. The van der Waals surface area contributed by atoms with Gasteiger partial charge in [-0.25, -0.2) is 0 Å². The number of hydrogen-bond donors (Lipinski definition) is 1. The molecule has 58 heavy (non-hydrogen) atoms. The SMILES string of the molecule is CCCCCCCCCCCCCCCCCCNC(=S)N(CCCCCCCCCCCCCCCCCC)CCCCCCCCCCCCCCCCCC. The predicted octanol–water partition coefficient (Wildman–Crippen LogP) is 19.9. The summed E-state index contributed by atoms with van der Waals surface area (Å²) in [6, 6.07) is 0. The lowest BCUT2D eigenvalue weighted by molar-refractivity contribution is 0.377. The lowest BCUT2D eigenvalue weighted by Crippen LogP contribution is -2.41. The van der Waals surface area contributed by atoms with Crippen LogP contribution in [0.5, 0.6) is 0 Å². The molecule has 0 bridgehead atoms. The van der Waals surface area contributed by atoms with Gasteiger partial charge >= 0.3 is 0 Å². The van der Waals surface area contributed by atoms with E-state index in [1.165, 1.54) is 308 Å². The molecule has 1 N–H and O–H groups in total. The van der Waals surface area contributed by atoms with Gasteiger partial charge < -0.3 is 10.2 Å². The topological polar surface area (TPSA) is 15.3 Å². The minimum absolute atomic E-state index is 1.04. The molecule has 0 heterocycles. The Balaban J connectivity index is 4.07. The van der Waals surface area contributed by atoms with Gasteiger partial charge in [0.1, 0.15) is 0 Å². The molecule has 0 amide bonds. The molecule has 0 spiro atoms. The second-order valence-electron chi connectivity index (χ2n) is 19.1. The number of rotatable bonds is 51. The summed E-state index contributed by atoms with van der Waals surface area (Å²) in [5.74, 6) is 0. The second kappa shape index (κ2) is 52.8. The number of unbranched alkanes of at least 4 members (excludes halogenated alkanes) is 45. The summed E-state index contributed by atoms with van der Waals surface area (Å²) >= 11 is 6.02. The van der Waals surface area contributed by atoms with Crippen LogP contribution in [0.15, 0.2) is 0 Å². The molecule has 0 aliphatic rings. The van der Waals surface area contributed by atoms with Crippen LogP contribution in [-0.2, 0) is 0 Å². The Bertz CT molecular complexity index is 703. The fourth-order valence-corrected chi connectivity index (χ4v) is 9.28. The van der Waals surface area contributed by atoms with Crippen LogP contribution in [0.3, 0.4) is 0 Å². The van der Waals surface area contributed by atoms with Gasteiger partial charge in [0.15, 0.2) is 5.11 Å². The van der Waals surface area contributed by atoms with Gasteiger partial charge in [-0.1, -0.05) is 310 Å². The predicted molar refractivity (Wildman–Crippen MR) is 271 cm³/mol. The monoisotopic (exact) mass is 833 g/mol. The zero-order valence-corrected chi connectivity index (χ0v) is 41.7. The Morgan fingerprint density at radius 1 is 0.259 bits per heavy atom. The van der Waals surface area contributed by atoms with E-state index in [1.807, 2.05) is 0 Å². The van der Waals surface area contributed by atoms with Crippen molar-refractivity contribution in [2.75, 3.05) is 19.6 Å². The fourth-order valence-electron chi connectivity index (χ4n) is 9.00. The molecule has 0 rings (SSSR count). The quantitative estimate of drug-likeness (QED) is 0.0486. The maximum Gasteiger partial charge on any atom is 0.168 e. The molecule has 0 fully saturated rings. The highest BCUT2D eigenvalue weighted by molar-refractivity contribution is 7.80. The second-order valence-corrected chi connectivity index (χ2v) is 19.5. The van der Waals surface area contributed by atoms with Crippen molar-refractivity contribution in [1.29, 1.82) is 0 Å². The van der Waals surface area contributed by atoms with Crippen LogP contribution in [0, 0.1) is 0 Å². The smallest absolute Gasteiger partial charge is 0.168 e. The molecule has 0 aromatic carbocycles. The first-order chi connectivity index (χ1) is 28.8. The van der Waals surface area contributed by atoms with E-state index in [1.54, 1.807) is 0 Å². The van der Waals surface area contributed by atoms with Gasteiger partial charge in [0.2, 0.25) is 0 Å². The molecule has 0 aromatic rings. The van der Waals surface area contributed by atoms with Crippen LogP contribution in [0.1, 0.15) is 329 Å². The molecular formula is C55H112N2S. The molecule has 0 saturated carbocycles. The maximum absolute atomic E-state index is 6.02. The first-order valence-corrected chi connectivity index (χ1v) is 28.2. The Hall–Kier alpha value is -0.310. The molecule has 0 radical (unpaired) electrons. The standard InChI is InChI=1S/C55H112N2S/c1-4-7-10-13-16-19-22-25-28-31-34-37-40-43-46-49-52-56-55(58)57(53-50-47-44-41-38-35-32-29-26-23-20-17-14-11-8-5-2)54-51-48-45-42-39-36-33-30-27-24-21-18-15-12-9-6-3/h4-54H2,1-3H3,(H,56,58). The number of hydrogen-bond acceptors (Lipinski definition) is 1. The molecule has 348 valence electrons. The van der Waals surface area contributed by atoms with Gasteiger partial charge in [-0.2, -0.15) is 0 Å². The largest absolute Gasteiger partial charge is 0.363 e. The molecule has 0 atom stereocenters. The van der Waals surface area contributed by atoms with Crippen molar-refractivity contribution in [3.8, 4) is 0 Å². The van der Waals surface area contributed by atoms with Gasteiger partial charge in [0.05, 0.1) is 0 Å². The molecule has 0 aromatic heterocycles. The zero-order chi connectivity index (χ0) is 41.9. The van der Waals surface area contributed by atoms with Gasteiger partial charge in [0.25, 0.3) is 0 Å². The summed E-state index contributed by atoms with van der Waals surface area (Å²) in [4.78, 5) is 2.55. The summed E-state index contributed by atoms with van der Waals surface area (Å²) in [6.07, 6.45) is 68.7.